The summed E-state index contributed by atoms with van der Waals surface area (Å²) in [7, 11) is -3.29. The molecule has 6 heteroatoms. The van der Waals surface area contributed by atoms with Gasteiger partial charge < -0.3 is 4.90 Å². The Morgan fingerprint density at radius 2 is 1.57 bits per heavy atom. The highest BCUT2D eigenvalue weighted by atomic mass is 32.2. The molecule has 0 radical (unpaired) electrons. The summed E-state index contributed by atoms with van der Waals surface area (Å²) in [5, 5.41) is 0. The Balaban J connectivity index is 1.48. The minimum Gasteiger partial charge on any atom is -0.308 e. The molecule has 0 N–H and O–H groups in total. The van der Waals surface area contributed by atoms with Gasteiger partial charge in [0.05, 0.1) is 5.75 Å². The number of sulfonamides is 1. The van der Waals surface area contributed by atoms with Crippen LogP contribution in [0.3, 0.4) is 0 Å². The number of benzene rings is 2. The summed E-state index contributed by atoms with van der Waals surface area (Å²) in [4.78, 5) is 14.8. The monoisotopic (exact) mass is 398 g/mol. The van der Waals surface area contributed by atoms with E-state index in [1.807, 2.05) is 23.1 Å². The van der Waals surface area contributed by atoms with E-state index in [1.54, 1.807) is 28.6 Å². The average molecular weight is 399 g/mol. The normalized spacial score (nSPS) is 17.9. The summed E-state index contributed by atoms with van der Waals surface area (Å²) in [6.07, 6.45) is 4.92. The van der Waals surface area contributed by atoms with E-state index in [9.17, 15) is 13.2 Å². The van der Waals surface area contributed by atoms with Crippen molar-refractivity contribution in [2.75, 3.05) is 24.5 Å². The van der Waals surface area contributed by atoms with E-state index in [-0.39, 0.29) is 11.7 Å². The number of anilines is 1. The molecule has 0 spiro atoms. The molecule has 5 nitrogen and oxygen atoms in total. The molecule has 1 saturated heterocycles. The van der Waals surface area contributed by atoms with Gasteiger partial charge in [-0.25, -0.2) is 12.7 Å². The van der Waals surface area contributed by atoms with Crippen LogP contribution in [-0.4, -0.2) is 38.3 Å². The van der Waals surface area contributed by atoms with Crippen molar-refractivity contribution in [1.29, 1.82) is 0 Å². The van der Waals surface area contributed by atoms with Gasteiger partial charge in [-0.05, 0) is 55.0 Å². The van der Waals surface area contributed by atoms with Gasteiger partial charge in [0.15, 0.2) is 0 Å². The largest absolute Gasteiger partial charge is 0.308 e. The van der Waals surface area contributed by atoms with Gasteiger partial charge >= 0.3 is 0 Å². The SMILES string of the molecule is O=C(c1ccc(CS(=O)(=O)N2CCCCC2)cc1)N1CCCc2ccccc21. The molecule has 2 aliphatic heterocycles. The van der Waals surface area contributed by atoms with E-state index in [4.69, 9.17) is 0 Å². The van der Waals surface area contributed by atoms with E-state index in [2.05, 4.69) is 6.07 Å². The summed E-state index contributed by atoms with van der Waals surface area (Å²) < 4.78 is 26.8. The van der Waals surface area contributed by atoms with Crippen LogP contribution in [0.15, 0.2) is 48.5 Å². The van der Waals surface area contributed by atoms with Crippen molar-refractivity contribution in [3.05, 3.63) is 65.2 Å². The number of carbonyl (C=O) groups is 1. The van der Waals surface area contributed by atoms with E-state index < -0.39 is 10.0 Å². The summed E-state index contributed by atoms with van der Waals surface area (Å²) in [5.74, 6) is -0.0359. The molecule has 0 saturated carbocycles. The van der Waals surface area contributed by atoms with Crippen molar-refractivity contribution in [2.45, 2.75) is 37.9 Å². The van der Waals surface area contributed by atoms with Gasteiger partial charge in [-0.15, -0.1) is 0 Å². The zero-order valence-electron chi connectivity index (χ0n) is 16.0. The molecule has 4 rings (SSSR count). The number of para-hydroxylation sites is 1. The summed E-state index contributed by atoms with van der Waals surface area (Å²) in [5.41, 5.74) is 3.50. The second kappa shape index (κ2) is 8.05. The third-order valence-electron chi connectivity index (χ3n) is 5.61. The van der Waals surface area contributed by atoms with Crippen molar-refractivity contribution < 1.29 is 13.2 Å². The highest BCUT2D eigenvalue weighted by molar-refractivity contribution is 7.88. The number of hydrogen-bond donors (Lipinski definition) is 0. The zero-order chi connectivity index (χ0) is 19.6. The molecule has 0 aliphatic carbocycles. The van der Waals surface area contributed by atoms with Crippen molar-refractivity contribution in [3.63, 3.8) is 0 Å². The van der Waals surface area contributed by atoms with Gasteiger partial charge in [0.1, 0.15) is 0 Å². The number of aryl methyl sites for hydroxylation is 1. The van der Waals surface area contributed by atoms with Gasteiger partial charge in [-0.2, -0.15) is 0 Å². The molecular weight excluding hydrogens is 372 g/mol. The molecule has 148 valence electrons. The topological polar surface area (TPSA) is 57.7 Å². The third kappa shape index (κ3) is 3.98. The molecule has 0 atom stereocenters. The first-order valence-electron chi connectivity index (χ1n) is 10.0. The Bertz CT molecular complexity index is 948. The second-order valence-corrected chi connectivity index (χ2v) is 9.57. The second-order valence-electron chi connectivity index (χ2n) is 7.60. The predicted molar refractivity (Wildman–Crippen MR) is 111 cm³/mol. The van der Waals surface area contributed by atoms with Crippen LogP contribution in [0.1, 0.15) is 47.2 Å². The van der Waals surface area contributed by atoms with Crippen LogP contribution in [0.4, 0.5) is 5.69 Å². The van der Waals surface area contributed by atoms with Gasteiger partial charge in [-0.1, -0.05) is 36.8 Å². The van der Waals surface area contributed by atoms with Crippen LogP contribution in [-0.2, 0) is 22.2 Å². The Hall–Kier alpha value is -2.18. The van der Waals surface area contributed by atoms with E-state index >= 15 is 0 Å². The molecule has 0 aromatic heterocycles. The number of fused-ring (bicyclic) bond motifs is 1. The van der Waals surface area contributed by atoms with Crippen molar-refractivity contribution >= 4 is 21.6 Å². The number of amides is 1. The molecule has 28 heavy (non-hydrogen) atoms. The lowest BCUT2D eigenvalue weighted by atomic mass is 10.0. The fourth-order valence-corrected chi connectivity index (χ4v) is 5.70. The van der Waals surface area contributed by atoms with Crippen molar-refractivity contribution in [3.8, 4) is 0 Å². The summed E-state index contributed by atoms with van der Waals surface area (Å²) >= 11 is 0. The Morgan fingerprint density at radius 3 is 2.32 bits per heavy atom. The molecule has 2 aromatic rings. The molecule has 1 fully saturated rings. The molecular formula is C22H26N2O3S. The van der Waals surface area contributed by atoms with Crippen molar-refractivity contribution in [1.82, 2.24) is 4.31 Å². The van der Waals surface area contributed by atoms with Crippen LogP contribution in [0.5, 0.6) is 0 Å². The van der Waals surface area contributed by atoms with Crippen LogP contribution in [0.2, 0.25) is 0 Å². The number of nitrogens with zero attached hydrogens (tertiary/aromatic N) is 2. The lowest BCUT2D eigenvalue weighted by Gasteiger charge is -2.29. The minimum atomic E-state index is -3.29. The first-order valence-corrected chi connectivity index (χ1v) is 11.6. The molecule has 0 bridgehead atoms. The van der Waals surface area contributed by atoms with Gasteiger partial charge in [0.2, 0.25) is 10.0 Å². The van der Waals surface area contributed by atoms with Crippen LogP contribution >= 0.6 is 0 Å². The number of rotatable bonds is 4. The Kier molecular flexibility index (Phi) is 5.51. The number of hydrogen-bond acceptors (Lipinski definition) is 3. The van der Waals surface area contributed by atoms with E-state index in [0.717, 1.165) is 43.4 Å². The summed E-state index contributed by atoms with van der Waals surface area (Å²) in [6.45, 7) is 1.95. The number of piperidine rings is 1. The van der Waals surface area contributed by atoms with E-state index in [1.165, 1.54) is 5.56 Å². The maximum Gasteiger partial charge on any atom is 0.258 e. The predicted octanol–water partition coefficient (Wildman–Crippen LogP) is 3.60. The molecule has 2 aromatic carbocycles. The minimum absolute atomic E-state index is 0.00593. The molecule has 1 amide bonds. The van der Waals surface area contributed by atoms with Crippen LogP contribution in [0.25, 0.3) is 0 Å². The summed E-state index contributed by atoms with van der Waals surface area (Å²) in [6, 6.07) is 15.1. The van der Waals surface area contributed by atoms with Crippen LogP contribution < -0.4 is 4.90 Å². The molecule has 0 unspecified atom stereocenters. The molecule has 2 heterocycles. The van der Waals surface area contributed by atoms with E-state index in [0.29, 0.717) is 25.2 Å². The first-order chi connectivity index (χ1) is 13.5. The van der Waals surface area contributed by atoms with Gasteiger partial charge in [-0.3, -0.25) is 4.79 Å². The average Bonchev–Trinajstić information content (AvgIpc) is 2.74. The Morgan fingerprint density at radius 1 is 0.857 bits per heavy atom. The maximum absolute atomic E-state index is 13.0. The lowest BCUT2D eigenvalue weighted by molar-refractivity contribution is 0.0985. The van der Waals surface area contributed by atoms with Crippen molar-refractivity contribution in [2.24, 2.45) is 0 Å². The third-order valence-corrected chi connectivity index (χ3v) is 7.46. The highest BCUT2D eigenvalue weighted by Gasteiger charge is 2.25. The van der Waals surface area contributed by atoms with Crippen LogP contribution in [0, 0.1) is 0 Å². The fourth-order valence-electron chi connectivity index (χ4n) is 4.09. The maximum atomic E-state index is 13.0. The van der Waals surface area contributed by atoms with Gasteiger partial charge in [0, 0.05) is 30.9 Å². The quantitative estimate of drug-likeness (QED) is 0.791. The molecule has 2 aliphatic rings. The fraction of sp³-hybridized carbons (Fsp3) is 0.409. The zero-order valence-corrected chi connectivity index (χ0v) is 16.8. The Labute approximate surface area is 167 Å². The lowest BCUT2D eigenvalue weighted by Crippen LogP contribution is -2.36. The first kappa shape index (κ1) is 19.2. The standard InChI is InChI=1S/C22H26N2O3S/c25-22(24-16-6-8-19-7-2-3-9-21(19)24)20-12-10-18(11-13-20)17-28(26,27)23-14-4-1-5-15-23/h2-3,7,9-13H,1,4-6,8,14-17H2. The number of carbonyl (C=O) groups excluding carboxylic acids is 1. The highest BCUT2D eigenvalue weighted by Crippen LogP contribution is 2.28. The van der Waals surface area contributed by atoms with Gasteiger partial charge in [0.25, 0.3) is 5.91 Å². The smallest absolute Gasteiger partial charge is 0.258 e.